The first-order chi connectivity index (χ1) is 8.13. The molecule has 0 fully saturated rings. The fourth-order valence-electron chi connectivity index (χ4n) is 1.52. The van der Waals surface area contributed by atoms with Crippen LogP contribution in [-0.2, 0) is 6.42 Å². The minimum atomic E-state index is -0.270. The third-order valence-corrected chi connectivity index (χ3v) is 2.54. The molecule has 0 atom stereocenters. The van der Waals surface area contributed by atoms with E-state index in [2.05, 4.69) is 15.5 Å². The number of aryl methyl sites for hydroxylation is 2. The number of furan rings is 1. The van der Waals surface area contributed by atoms with Crippen LogP contribution in [-0.4, -0.2) is 16.1 Å². The molecule has 0 saturated heterocycles. The highest BCUT2D eigenvalue weighted by Gasteiger charge is 2.16. The molecule has 2 aromatic heterocycles. The van der Waals surface area contributed by atoms with Crippen LogP contribution in [0.3, 0.4) is 0 Å². The van der Waals surface area contributed by atoms with Crippen molar-refractivity contribution in [3.63, 3.8) is 0 Å². The van der Waals surface area contributed by atoms with E-state index >= 15 is 0 Å². The lowest BCUT2D eigenvalue weighted by Gasteiger charge is -2.02. The number of carbonyl (C=O) groups excluding carboxylic acids is 1. The molecule has 0 spiro atoms. The summed E-state index contributed by atoms with van der Waals surface area (Å²) >= 11 is 0. The van der Waals surface area contributed by atoms with Crippen LogP contribution in [0.25, 0.3) is 0 Å². The Hall–Kier alpha value is -2.24. The summed E-state index contributed by atoms with van der Waals surface area (Å²) in [5, 5.41) is 9.25. The number of amides is 1. The highest BCUT2D eigenvalue weighted by molar-refractivity contribution is 6.05. The summed E-state index contributed by atoms with van der Waals surface area (Å²) in [6, 6.07) is 1.63. The third-order valence-electron chi connectivity index (χ3n) is 2.54. The molecule has 0 radical (unpaired) electrons. The molecule has 0 aliphatic carbocycles. The second-order valence-corrected chi connectivity index (χ2v) is 3.68. The van der Waals surface area contributed by atoms with Crippen molar-refractivity contribution in [3.8, 4) is 0 Å². The summed E-state index contributed by atoms with van der Waals surface area (Å²) in [6.45, 7) is 3.70. The summed E-state index contributed by atoms with van der Waals surface area (Å²) < 4.78 is 5.19. The minimum Gasteiger partial charge on any atom is -0.469 e. The number of nitrogens with two attached hydrogens (primary N) is 1. The molecule has 4 N–H and O–H groups in total. The smallest absolute Gasteiger partial charge is 0.260 e. The molecule has 0 aromatic carbocycles. The first-order valence-corrected chi connectivity index (χ1v) is 5.31. The molecule has 6 heteroatoms. The Morgan fingerprint density at radius 1 is 1.65 bits per heavy atom. The van der Waals surface area contributed by atoms with Crippen LogP contribution in [0.2, 0.25) is 0 Å². The van der Waals surface area contributed by atoms with E-state index in [0.29, 0.717) is 29.2 Å². The maximum absolute atomic E-state index is 11.9. The Morgan fingerprint density at radius 3 is 3.00 bits per heavy atom. The van der Waals surface area contributed by atoms with Crippen molar-refractivity contribution in [3.05, 3.63) is 29.3 Å². The van der Waals surface area contributed by atoms with Gasteiger partial charge in [-0.15, -0.1) is 0 Å². The van der Waals surface area contributed by atoms with Crippen molar-refractivity contribution in [2.75, 3.05) is 11.1 Å². The van der Waals surface area contributed by atoms with Gasteiger partial charge in [0.2, 0.25) is 0 Å². The van der Waals surface area contributed by atoms with E-state index < -0.39 is 0 Å². The largest absolute Gasteiger partial charge is 0.469 e. The molecule has 2 aromatic rings. The van der Waals surface area contributed by atoms with Crippen LogP contribution in [0.15, 0.2) is 16.7 Å². The number of anilines is 2. The van der Waals surface area contributed by atoms with Crippen LogP contribution in [0.4, 0.5) is 11.5 Å². The fourth-order valence-corrected chi connectivity index (χ4v) is 1.52. The topological polar surface area (TPSA) is 96.9 Å². The monoisotopic (exact) mass is 234 g/mol. The molecule has 1 amide bonds. The fraction of sp³-hybridized carbons (Fsp3) is 0.273. The summed E-state index contributed by atoms with van der Waals surface area (Å²) in [6.07, 6.45) is 2.15. The Labute approximate surface area is 98.2 Å². The average Bonchev–Trinajstić information content (AvgIpc) is 2.90. The summed E-state index contributed by atoms with van der Waals surface area (Å²) in [5.74, 6) is 0.720. The van der Waals surface area contributed by atoms with Crippen molar-refractivity contribution < 1.29 is 9.21 Å². The minimum absolute atomic E-state index is 0.270. The van der Waals surface area contributed by atoms with E-state index in [0.717, 1.165) is 5.69 Å². The van der Waals surface area contributed by atoms with Gasteiger partial charge in [0.1, 0.15) is 5.76 Å². The van der Waals surface area contributed by atoms with E-state index in [4.69, 9.17) is 10.2 Å². The highest BCUT2D eigenvalue weighted by Crippen LogP contribution is 2.20. The van der Waals surface area contributed by atoms with Crippen LogP contribution < -0.4 is 11.1 Å². The van der Waals surface area contributed by atoms with Gasteiger partial charge in [-0.3, -0.25) is 9.89 Å². The maximum Gasteiger partial charge on any atom is 0.260 e. The summed E-state index contributed by atoms with van der Waals surface area (Å²) in [7, 11) is 0. The summed E-state index contributed by atoms with van der Waals surface area (Å²) in [4.78, 5) is 11.9. The molecule has 90 valence electrons. The van der Waals surface area contributed by atoms with E-state index in [9.17, 15) is 4.79 Å². The number of nitrogen functional groups attached to an aromatic ring is 1. The second-order valence-electron chi connectivity index (χ2n) is 3.68. The maximum atomic E-state index is 11.9. The molecule has 0 aliphatic heterocycles. The second kappa shape index (κ2) is 4.32. The van der Waals surface area contributed by atoms with Crippen LogP contribution in [0.5, 0.6) is 0 Å². The molecule has 0 saturated carbocycles. The zero-order valence-corrected chi connectivity index (χ0v) is 9.70. The van der Waals surface area contributed by atoms with E-state index in [1.807, 2.05) is 6.92 Å². The molecule has 0 bridgehead atoms. The number of hydrogen-bond acceptors (Lipinski definition) is 4. The van der Waals surface area contributed by atoms with Gasteiger partial charge in [0.05, 0.1) is 23.2 Å². The zero-order valence-electron chi connectivity index (χ0n) is 9.70. The number of aromatic amines is 1. The number of carbonyl (C=O) groups is 1. The number of hydrogen-bond donors (Lipinski definition) is 3. The molecule has 0 unspecified atom stereocenters. The van der Waals surface area contributed by atoms with Gasteiger partial charge in [-0.05, 0) is 13.0 Å². The van der Waals surface area contributed by atoms with Gasteiger partial charge in [0, 0.05) is 6.42 Å². The lowest BCUT2D eigenvalue weighted by atomic mass is 10.2. The third kappa shape index (κ3) is 2.01. The van der Waals surface area contributed by atoms with Gasteiger partial charge in [-0.25, -0.2) is 0 Å². The molecule has 17 heavy (non-hydrogen) atoms. The van der Waals surface area contributed by atoms with Gasteiger partial charge in [-0.2, -0.15) is 5.10 Å². The molecule has 0 aliphatic rings. The van der Waals surface area contributed by atoms with E-state index in [-0.39, 0.29) is 5.91 Å². The lowest BCUT2D eigenvalue weighted by Crippen LogP contribution is -2.14. The van der Waals surface area contributed by atoms with Gasteiger partial charge < -0.3 is 15.5 Å². The van der Waals surface area contributed by atoms with Crippen LogP contribution in [0.1, 0.15) is 28.7 Å². The van der Waals surface area contributed by atoms with Crippen molar-refractivity contribution >= 4 is 17.4 Å². The van der Waals surface area contributed by atoms with Crippen molar-refractivity contribution in [1.29, 1.82) is 0 Å². The van der Waals surface area contributed by atoms with Crippen molar-refractivity contribution in [1.82, 2.24) is 10.2 Å². The zero-order chi connectivity index (χ0) is 12.4. The number of nitrogens with zero attached hydrogens (tertiary/aromatic N) is 1. The molecular formula is C11H14N4O2. The molecule has 6 nitrogen and oxygen atoms in total. The van der Waals surface area contributed by atoms with Crippen LogP contribution in [0, 0.1) is 6.92 Å². The van der Waals surface area contributed by atoms with E-state index in [1.54, 1.807) is 13.0 Å². The Kier molecular flexibility index (Phi) is 2.86. The molecule has 2 heterocycles. The van der Waals surface area contributed by atoms with Gasteiger partial charge >= 0.3 is 0 Å². The van der Waals surface area contributed by atoms with Crippen molar-refractivity contribution in [2.24, 2.45) is 0 Å². The number of aromatic nitrogens is 2. The first-order valence-electron chi connectivity index (χ1n) is 5.31. The summed E-state index contributed by atoms with van der Waals surface area (Å²) in [5.41, 5.74) is 7.42. The Morgan fingerprint density at radius 2 is 2.41 bits per heavy atom. The SMILES string of the molecule is CCc1occc1C(=O)Nc1n[nH]c(C)c1N. The average molecular weight is 234 g/mol. The van der Waals surface area contributed by atoms with Gasteiger partial charge in [-0.1, -0.05) is 6.92 Å². The number of rotatable bonds is 3. The van der Waals surface area contributed by atoms with E-state index in [1.165, 1.54) is 6.26 Å². The highest BCUT2D eigenvalue weighted by atomic mass is 16.3. The normalized spacial score (nSPS) is 10.5. The number of H-pyrrole nitrogens is 1. The number of nitrogens with one attached hydrogen (secondary N) is 2. The Balaban J connectivity index is 2.20. The standard InChI is InChI=1S/C11H14N4O2/c1-3-8-7(4-5-17-8)11(16)13-10-9(12)6(2)14-15-10/h4-5H,3,12H2,1-2H3,(H2,13,14,15,16). The molecule has 2 rings (SSSR count). The molecular weight excluding hydrogens is 220 g/mol. The van der Waals surface area contributed by atoms with Crippen molar-refractivity contribution in [2.45, 2.75) is 20.3 Å². The first kappa shape index (κ1) is 11.3. The Bertz CT molecular complexity index is 541. The van der Waals surface area contributed by atoms with Crippen LogP contribution >= 0.6 is 0 Å². The predicted octanol–water partition coefficient (Wildman–Crippen LogP) is 1.71. The lowest BCUT2D eigenvalue weighted by molar-refractivity contribution is 0.102. The van der Waals surface area contributed by atoms with Gasteiger partial charge in [0.15, 0.2) is 5.82 Å². The van der Waals surface area contributed by atoms with Gasteiger partial charge in [0.25, 0.3) is 5.91 Å². The predicted molar refractivity (Wildman–Crippen MR) is 63.8 cm³/mol. The quantitative estimate of drug-likeness (QED) is 0.753.